The van der Waals surface area contributed by atoms with Crippen molar-refractivity contribution in [2.75, 3.05) is 32.7 Å². The highest BCUT2D eigenvalue weighted by atomic mass is 16.5. The lowest BCUT2D eigenvalue weighted by Gasteiger charge is -2.35. The fraction of sp³-hybridized carbons (Fsp3) is 0.481. The van der Waals surface area contributed by atoms with Crippen molar-refractivity contribution >= 4 is 11.9 Å². The Morgan fingerprint density at radius 1 is 0.971 bits per heavy atom. The van der Waals surface area contributed by atoms with Gasteiger partial charge in [0.15, 0.2) is 0 Å². The molecule has 34 heavy (non-hydrogen) atoms. The van der Waals surface area contributed by atoms with E-state index in [1.807, 2.05) is 61.2 Å². The van der Waals surface area contributed by atoms with Crippen LogP contribution < -0.4 is 10.6 Å². The van der Waals surface area contributed by atoms with Crippen LogP contribution >= 0.6 is 0 Å². The van der Waals surface area contributed by atoms with Crippen LogP contribution in [0, 0.1) is 0 Å². The van der Waals surface area contributed by atoms with Crippen molar-refractivity contribution in [1.82, 2.24) is 20.4 Å². The number of carbonyl (C=O) groups is 2. The van der Waals surface area contributed by atoms with E-state index in [1.165, 1.54) is 5.56 Å². The maximum Gasteiger partial charge on any atom is 0.315 e. The molecular weight excluding hydrogens is 428 g/mol. The second-order valence-corrected chi connectivity index (χ2v) is 8.88. The van der Waals surface area contributed by atoms with Gasteiger partial charge < -0.3 is 20.3 Å². The predicted molar refractivity (Wildman–Crippen MR) is 135 cm³/mol. The summed E-state index contributed by atoms with van der Waals surface area (Å²) in [5.41, 5.74) is 2.79. The van der Waals surface area contributed by atoms with Crippen LogP contribution in [0.2, 0.25) is 0 Å². The molecule has 0 aromatic heterocycles. The average Bonchev–Trinajstić information content (AvgIpc) is 2.85. The fourth-order valence-corrected chi connectivity index (χ4v) is 4.52. The third-order valence-corrected chi connectivity index (χ3v) is 6.25. The third kappa shape index (κ3) is 7.05. The Bertz CT molecular complexity index is 905. The zero-order valence-corrected chi connectivity index (χ0v) is 20.8. The number of hydrogen-bond donors (Lipinski definition) is 2. The van der Waals surface area contributed by atoms with E-state index in [1.54, 1.807) is 0 Å². The van der Waals surface area contributed by atoms with Gasteiger partial charge >= 0.3 is 6.03 Å². The van der Waals surface area contributed by atoms with E-state index in [0.29, 0.717) is 31.7 Å². The van der Waals surface area contributed by atoms with E-state index < -0.39 is 0 Å². The van der Waals surface area contributed by atoms with Crippen LogP contribution in [0.15, 0.2) is 54.6 Å². The molecule has 1 saturated heterocycles. The Kier molecular flexibility index (Phi) is 9.48. The highest BCUT2D eigenvalue weighted by Crippen LogP contribution is 2.19. The van der Waals surface area contributed by atoms with Crippen molar-refractivity contribution < 1.29 is 14.3 Å². The number of ether oxygens (including phenoxy) is 1. The lowest BCUT2D eigenvalue weighted by molar-refractivity contribution is -0.0586. The van der Waals surface area contributed by atoms with Gasteiger partial charge in [-0.15, -0.1) is 0 Å². The highest BCUT2D eigenvalue weighted by Gasteiger charge is 2.26. The molecule has 2 aromatic carbocycles. The summed E-state index contributed by atoms with van der Waals surface area (Å²) in [6.45, 7) is 12.2. The number of carbonyl (C=O) groups excluding carboxylic acids is 2. The number of nitrogens with zero attached hydrogens (tertiary/aromatic N) is 2. The lowest BCUT2D eigenvalue weighted by Crippen LogP contribution is -2.48. The molecule has 1 fully saturated rings. The van der Waals surface area contributed by atoms with Crippen LogP contribution in [0.5, 0.6) is 0 Å². The average molecular weight is 467 g/mol. The largest absolute Gasteiger partial charge is 0.372 e. The van der Waals surface area contributed by atoms with E-state index in [9.17, 15) is 9.59 Å². The molecule has 3 atom stereocenters. The van der Waals surface area contributed by atoms with Crippen LogP contribution in [0.1, 0.15) is 55.2 Å². The van der Waals surface area contributed by atoms with Crippen molar-refractivity contribution in [2.45, 2.75) is 52.5 Å². The smallest absolute Gasteiger partial charge is 0.315 e. The summed E-state index contributed by atoms with van der Waals surface area (Å²) in [5.74, 6) is 0.0163. The normalized spacial score (nSPS) is 19.0. The Morgan fingerprint density at radius 2 is 1.59 bits per heavy atom. The van der Waals surface area contributed by atoms with Crippen LogP contribution in [-0.4, -0.2) is 66.7 Å². The molecule has 0 saturated carbocycles. The number of morpholine rings is 1. The number of hydrogen-bond acceptors (Lipinski definition) is 4. The first-order valence-corrected chi connectivity index (χ1v) is 12.3. The second kappa shape index (κ2) is 12.5. The van der Waals surface area contributed by atoms with Gasteiger partial charge in [0.2, 0.25) is 0 Å². The van der Waals surface area contributed by atoms with Crippen molar-refractivity contribution in [3.05, 3.63) is 71.3 Å². The van der Waals surface area contributed by atoms with Crippen LogP contribution in [0.3, 0.4) is 0 Å². The molecule has 0 bridgehead atoms. The zero-order chi connectivity index (χ0) is 24.5. The number of amides is 3. The zero-order valence-electron chi connectivity index (χ0n) is 20.8. The van der Waals surface area contributed by atoms with Crippen LogP contribution in [0.25, 0.3) is 0 Å². The molecule has 0 spiro atoms. The summed E-state index contributed by atoms with van der Waals surface area (Å²) in [5, 5.41) is 5.94. The molecule has 3 amide bonds. The molecule has 3 unspecified atom stereocenters. The van der Waals surface area contributed by atoms with Gasteiger partial charge in [-0.2, -0.15) is 0 Å². The Morgan fingerprint density at radius 3 is 2.18 bits per heavy atom. The summed E-state index contributed by atoms with van der Waals surface area (Å²) < 4.78 is 5.72. The molecule has 7 heteroatoms. The van der Waals surface area contributed by atoms with Gasteiger partial charge in [-0.05, 0) is 50.2 Å². The quantitative estimate of drug-likeness (QED) is 0.589. The van der Waals surface area contributed by atoms with Gasteiger partial charge in [0, 0.05) is 31.7 Å². The van der Waals surface area contributed by atoms with Gasteiger partial charge in [0.1, 0.15) is 0 Å². The number of rotatable bonds is 9. The number of likely N-dealkylation sites (N-methyl/N-ethyl adjacent to an activating group) is 1. The van der Waals surface area contributed by atoms with Crippen molar-refractivity contribution in [3.63, 3.8) is 0 Å². The molecule has 2 N–H and O–H groups in total. The fourth-order valence-electron chi connectivity index (χ4n) is 4.52. The predicted octanol–water partition coefficient (Wildman–Crippen LogP) is 3.82. The van der Waals surface area contributed by atoms with Gasteiger partial charge in [0.05, 0.1) is 18.2 Å². The molecule has 0 radical (unpaired) electrons. The molecule has 3 rings (SSSR count). The monoisotopic (exact) mass is 466 g/mol. The second-order valence-electron chi connectivity index (χ2n) is 8.88. The standard InChI is InChI=1S/C27H38N4O3/c1-5-30(6-2)25(23-10-8-7-9-11-23)17-29-27(33)28-16-22-12-14-24(15-13-22)26(32)31-18-20(3)34-21(4)19-31/h7-15,20-21,25H,5-6,16-19H2,1-4H3,(H2,28,29,33). The van der Waals surface area contributed by atoms with Crippen LogP contribution in [0.4, 0.5) is 4.79 Å². The molecule has 184 valence electrons. The van der Waals surface area contributed by atoms with Gasteiger partial charge in [-0.25, -0.2) is 4.79 Å². The Balaban J connectivity index is 1.51. The summed E-state index contributed by atoms with van der Waals surface area (Å²) >= 11 is 0. The van der Waals surface area contributed by atoms with Crippen molar-refractivity contribution in [1.29, 1.82) is 0 Å². The van der Waals surface area contributed by atoms with Crippen LogP contribution in [-0.2, 0) is 11.3 Å². The number of urea groups is 1. The van der Waals surface area contributed by atoms with Crippen molar-refractivity contribution in [3.8, 4) is 0 Å². The summed E-state index contributed by atoms with van der Waals surface area (Å²) in [6, 6.07) is 17.6. The molecule has 1 aliphatic rings. The van der Waals surface area contributed by atoms with E-state index in [2.05, 4.69) is 41.5 Å². The van der Waals surface area contributed by atoms with E-state index in [0.717, 1.165) is 18.7 Å². The lowest BCUT2D eigenvalue weighted by atomic mass is 10.1. The van der Waals surface area contributed by atoms with Crippen molar-refractivity contribution in [2.24, 2.45) is 0 Å². The number of benzene rings is 2. The molecule has 0 aliphatic carbocycles. The minimum absolute atomic E-state index is 0.0163. The minimum Gasteiger partial charge on any atom is -0.372 e. The van der Waals surface area contributed by atoms with E-state index >= 15 is 0 Å². The Hall–Kier alpha value is -2.90. The first kappa shape index (κ1) is 25.7. The number of nitrogens with one attached hydrogen (secondary N) is 2. The van der Waals surface area contributed by atoms with Gasteiger partial charge in [-0.3, -0.25) is 9.69 Å². The topological polar surface area (TPSA) is 73.9 Å². The van der Waals surface area contributed by atoms with E-state index in [-0.39, 0.29) is 30.2 Å². The molecular formula is C27H38N4O3. The molecule has 1 aliphatic heterocycles. The minimum atomic E-state index is -0.204. The molecule has 2 aromatic rings. The maximum absolute atomic E-state index is 12.8. The summed E-state index contributed by atoms with van der Waals surface area (Å²) in [7, 11) is 0. The summed E-state index contributed by atoms with van der Waals surface area (Å²) in [4.78, 5) is 29.5. The highest BCUT2D eigenvalue weighted by molar-refractivity contribution is 5.94. The maximum atomic E-state index is 12.8. The summed E-state index contributed by atoms with van der Waals surface area (Å²) in [6.07, 6.45) is 0.0795. The van der Waals surface area contributed by atoms with E-state index in [4.69, 9.17) is 4.74 Å². The SMILES string of the molecule is CCN(CC)C(CNC(=O)NCc1ccc(C(=O)N2CC(C)OC(C)C2)cc1)c1ccccc1. The first-order valence-electron chi connectivity index (χ1n) is 12.3. The van der Waals surface area contributed by atoms with Gasteiger partial charge in [0.25, 0.3) is 5.91 Å². The van der Waals surface area contributed by atoms with Gasteiger partial charge in [-0.1, -0.05) is 56.3 Å². The Labute approximate surface area is 203 Å². The third-order valence-electron chi connectivity index (χ3n) is 6.25. The molecule has 1 heterocycles. The molecule has 7 nitrogen and oxygen atoms in total. The first-order chi connectivity index (χ1) is 16.4.